The lowest BCUT2D eigenvalue weighted by molar-refractivity contribution is 0.589. The van der Waals surface area contributed by atoms with Crippen molar-refractivity contribution in [2.75, 3.05) is 25.5 Å². The maximum Gasteiger partial charge on any atom is 0.0495 e. The Balaban J connectivity index is 2.18. The van der Waals surface area contributed by atoms with Gasteiger partial charge < -0.3 is 10.2 Å². The monoisotopic (exact) mass is 282 g/mol. The maximum atomic E-state index is 3.45. The van der Waals surface area contributed by atoms with Crippen molar-refractivity contribution < 1.29 is 0 Å². The summed E-state index contributed by atoms with van der Waals surface area (Å²) in [4.78, 5) is 2.31. The van der Waals surface area contributed by atoms with E-state index in [4.69, 9.17) is 0 Å². The molecule has 0 heterocycles. The molecule has 0 aliphatic heterocycles. The lowest BCUT2D eigenvalue weighted by Gasteiger charge is -2.26. The van der Waals surface area contributed by atoms with E-state index in [-0.39, 0.29) is 0 Å². The van der Waals surface area contributed by atoms with Crippen LogP contribution in [0.15, 0.2) is 42.5 Å². The van der Waals surface area contributed by atoms with Crippen molar-refractivity contribution in [3.05, 3.63) is 64.7 Å². The molecule has 0 fully saturated rings. The van der Waals surface area contributed by atoms with Gasteiger partial charge in [0.15, 0.2) is 0 Å². The van der Waals surface area contributed by atoms with E-state index in [0.29, 0.717) is 6.04 Å². The highest BCUT2D eigenvalue weighted by atomic mass is 15.1. The van der Waals surface area contributed by atoms with Gasteiger partial charge in [0.25, 0.3) is 0 Å². The SMILES string of the molecule is CNC(CN(C)c1cccc(C)c1)c1cc(C)cc(C)c1. The standard InChI is InChI=1S/C19H26N2/c1-14-7-6-8-18(12-14)21(5)13-19(20-4)17-10-15(2)9-16(3)11-17/h6-12,19-20H,13H2,1-5H3. The van der Waals surface area contributed by atoms with Crippen LogP contribution in [0.3, 0.4) is 0 Å². The maximum absolute atomic E-state index is 3.45. The van der Waals surface area contributed by atoms with Crippen molar-refractivity contribution >= 4 is 5.69 Å². The molecular weight excluding hydrogens is 256 g/mol. The van der Waals surface area contributed by atoms with Crippen molar-refractivity contribution in [1.29, 1.82) is 0 Å². The summed E-state index contributed by atoms with van der Waals surface area (Å²) in [5.41, 5.74) is 6.56. The minimum absolute atomic E-state index is 0.328. The number of nitrogens with one attached hydrogen (secondary N) is 1. The Morgan fingerprint density at radius 3 is 2.19 bits per heavy atom. The molecule has 0 aromatic heterocycles. The number of hydrogen-bond acceptors (Lipinski definition) is 2. The van der Waals surface area contributed by atoms with E-state index in [9.17, 15) is 0 Å². The second kappa shape index (κ2) is 6.77. The third kappa shape index (κ3) is 4.08. The zero-order valence-electron chi connectivity index (χ0n) is 13.8. The quantitative estimate of drug-likeness (QED) is 0.891. The summed E-state index contributed by atoms with van der Waals surface area (Å²) in [5, 5.41) is 3.45. The van der Waals surface area contributed by atoms with Gasteiger partial charge in [0.05, 0.1) is 0 Å². The van der Waals surface area contributed by atoms with Crippen molar-refractivity contribution in [2.24, 2.45) is 0 Å². The lowest BCUT2D eigenvalue weighted by atomic mass is 10.0. The van der Waals surface area contributed by atoms with Gasteiger partial charge in [-0.15, -0.1) is 0 Å². The number of anilines is 1. The predicted octanol–water partition coefficient (Wildman–Crippen LogP) is 4.01. The predicted molar refractivity (Wildman–Crippen MR) is 92.2 cm³/mol. The number of rotatable bonds is 5. The third-order valence-electron chi connectivity index (χ3n) is 3.89. The molecule has 21 heavy (non-hydrogen) atoms. The number of hydrogen-bond donors (Lipinski definition) is 1. The molecule has 2 heteroatoms. The molecule has 0 saturated carbocycles. The summed E-state index contributed by atoms with van der Waals surface area (Å²) in [6.07, 6.45) is 0. The van der Waals surface area contributed by atoms with Crippen molar-refractivity contribution in [3.63, 3.8) is 0 Å². The van der Waals surface area contributed by atoms with Gasteiger partial charge in [-0.3, -0.25) is 0 Å². The smallest absolute Gasteiger partial charge is 0.0495 e. The van der Waals surface area contributed by atoms with Gasteiger partial charge in [-0.1, -0.05) is 41.5 Å². The Hall–Kier alpha value is -1.80. The van der Waals surface area contributed by atoms with Crippen LogP contribution in [0.5, 0.6) is 0 Å². The van der Waals surface area contributed by atoms with E-state index in [0.717, 1.165) is 6.54 Å². The van der Waals surface area contributed by atoms with Gasteiger partial charge in [-0.25, -0.2) is 0 Å². The zero-order valence-corrected chi connectivity index (χ0v) is 13.8. The van der Waals surface area contributed by atoms with Gasteiger partial charge in [0.1, 0.15) is 0 Å². The molecule has 2 nitrogen and oxygen atoms in total. The Kier molecular flexibility index (Phi) is 5.03. The Bertz CT molecular complexity index is 584. The highest BCUT2D eigenvalue weighted by Gasteiger charge is 2.13. The van der Waals surface area contributed by atoms with E-state index >= 15 is 0 Å². The van der Waals surface area contributed by atoms with Crippen LogP contribution in [0.1, 0.15) is 28.3 Å². The zero-order chi connectivity index (χ0) is 15.4. The molecule has 0 radical (unpaired) electrons. The first kappa shape index (κ1) is 15.6. The summed E-state index contributed by atoms with van der Waals surface area (Å²) in [6.45, 7) is 7.40. The van der Waals surface area contributed by atoms with Crippen LogP contribution in [0.2, 0.25) is 0 Å². The molecule has 2 aromatic rings. The Labute approximate surface area is 128 Å². The second-order valence-electron chi connectivity index (χ2n) is 5.98. The van der Waals surface area contributed by atoms with E-state index in [2.05, 4.69) is 80.5 Å². The van der Waals surface area contributed by atoms with Gasteiger partial charge in [-0.2, -0.15) is 0 Å². The van der Waals surface area contributed by atoms with Gasteiger partial charge in [-0.05, 0) is 51.1 Å². The molecule has 0 aliphatic carbocycles. The van der Waals surface area contributed by atoms with E-state index in [1.165, 1.54) is 27.9 Å². The Morgan fingerprint density at radius 1 is 0.952 bits per heavy atom. The summed E-state index contributed by atoms with van der Waals surface area (Å²) in [7, 11) is 4.19. The molecule has 1 N–H and O–H groups in total. The average Bonchev–Trinajstić information content (AvgIpc) is 2.43. The van der Waals surface area contributed by atoms with E-state index in [1.54, 1.807) is 0 Å². The van der Waals surface area contributed by atoms with E-state index < -0.39 is 0 Å². The van der Waals surface area contributed by atoms with Crippen LogP contribution in [-0.4, -0.2) is 20.6 Å². The summed E-state index contributed by atoms with van der Waals surface area (Å²) >= 11 is 0. The molecule has 2 aromatic carbocycles. The topological polar surface area (TPSA) is 15.3 Å². The normalized spacial score (nSPS) is 12.2. The molecule has 0 bridgehead atoms. The molecule has 112 valence electrons. The fraction of sp³-hybridized carbons (Fsp3) is 0.368. The minimum Gasteiger partial charge on any atom is -0.373 e. The van der Waals surface area contributed by atoms with Crippen LogP contribution in [0.25, 0.3) is 0 Å². The molecule has 1 atom stereocenters. The largest absolute Gasteiger partial charge is 0.373 e. The number of nitrogens with zero attached hydrogens (tertiary/aromatic N) is 1. The highest BCUT2D eigenvalue weighted by molar-refractivity contribution is 5.48. The van der Waals surface area contributed by atoms with Gasteiger partial charge in [0, 0.05) is 25.3 Å². The van der Waals surface area contributed by atoms with Crippen LogP contribution >= 0.6 is 0 Å². The van der Waals surface area contributed by atoms with Crippen molar-refractivity contribution in [3.8, 4) is 0 Å². The fourth-order valence-electron chi connectivity index (χ4n) is 2.82. The van der Waals surface area contributed by atoms with Crippen molar-refractivity contribution in [2.45, 2.75) is 26.8 Å². The second-order valence-corrected chi connectivity index (χ2v) is 5.98. The minimum atomic E-state index is 0.328. The van der Waals surface area contributed by atoms with Crippen LogP contribution in [0, 0.1) is 20.8 Å². The van der Waals surface area contributed by atoms with Crippen LogP contribution in [-0.2, 0) is 0 Å². The van der Waals surface area contributed by atoms with E-state index in [1.807, 2.05) is 7.05 Å². The van der Waals surface area contributed by atoms with Crippen LogP contribution < -0.4 is 10.2 Å². The number of likely N-dealkylation sites (N-methyl/N-ethyl adjacent to an activating group) is 2. The molecule has 0 aliphatic rings. The first-order chi connectivity index (χ1) is 9.99. The van der Waals surface area contributed by atoms with Gasteiger partial charge >= 0.3 is 0 Å². The summed E-state index contributed by atoms with van der Waals surface area (Å²) < 4.78 is 0. The third-order valence-corrected chi connectivity index (χ3v) is 3.89. The number of aryl methyl sites for hydroxylation is 3. The average molecular weight is 282 g/mol. The fourth-order valence-corrected chi connectivity index (χ4v) is 2.82. The summed E-state index contributed by atoms with van der Waals surface area (Å²) in [6, 6.07) is 15.8. The summed E-state index contributed by atoms with van der Waals surface area (Å²) in [5.74, 6) is 0. The number of benzene rings is 2. The molecule has 2 rings (SSSR count). The van der Waals surface area contributed by atoms with Crippen molar-refractivity contribution in [1.82, 2.24) is 5.32 Å². The molecule has 1 unspecified atom stereocenters. The molecule has 0 saturated heterocycles. The Morgan fingerprint density at radius 2 is 1.62 bits per heavy atom. The highest BCUT2D eigenvalue weighted by Crippen LogP contribution is 2.21. The molecule has 0 amide bonds. The first-order valence-electron chi connectivity index (χ1n) is 7.53. The lowest BCUT2D eigenvalue weighted by Crippen LogP contribution is -2.31. The molecular formula is C19H26N2. The van der Waals surface area contributed by atoms with Gasteiger partial charge in [0.2, 0.25) is 0 Å². The van der Waals surface area contributed by atoms with Crippen LogP contribution in [0.4, 0.5) is 5.69 Å². The molecule has 0 spiro atoms. The first-order valence-corrected chi connectivity index (χ1v) is 7.53.